The van der Waals surface area contributed by atoms with Gasteiger partial charge in [-0.3, -0.25) is 0 Å². The van der Waals surface area contributed by atoms with E-state index in [2.05, 4.69) is 31.0 Å². The van der Waals surface area contributed by atoms with Crippen molar-refractivity contribution in [2.45, 2.75) is 51.6 Å². The Kier molecular flexibility index (Phi) is 4.58. The van der Waals surface area contributed by atoms with E-state index in [0.29, 0.717) is 23.5 Å². The lowest BCUT2D eigenvalue weighted by molar-refractivity contribution is 0.156. The molecule has 0 aromatic heterocycles. The van der Waals surface area contributed by atoms with Crippen molar-refractivity contribution in [2.24, 2.45) is 5.92 Å². The molecule has 19 heavy (non-hydrogen) atoms. The molecule has 5 heteroatoms. The third kappa shape index (κ3) is 3.92. The van der Waals surface area contributed by atoms with Crippen molar-refractivity contribution >= 4 is 9.84 Å². The van der Waals surface area contributed by atoms with Crippen molar-refractivity contribution in [2.75, 3.05) is 31.1 Å². The normalized spacial score (nSPS) is 34.5. The maximum atomic E-state index is 11.6. The monoisotopic (exact) mass is 288 g/mol. The fourth-order valence-corrected chi connectivity index (χ4v) is 5.67. The number of sulfone groups is 1. The van der Waals surface area contributed by atoms with Crippen molar-refractivity contribution in [3.63, 3.8) is 0 Å². The lowest BCUT2D eigenvalue weighted by Crippen LogP contribution is -2.52. The highest BCUT2D eigenvalue weighted by Gasteiger charge is 2.40. The SMILES string of the molecule is CCN1CCC(C(C)NC2(C)CCS(=O)(=O)C2)CC1. The lowest BCUT2D eigenvalue weighted by atomic mass is 9.88. The van der Waals surface area contributed by atoms with Crippen molar-refractivity contribution in [1.82, 2.24) is 10.2 Å². The Bertz CT molecular complexity index is 402. The molecule has 0 amide bonds. The molecule has 0 aromatic carbocycles. The Morgan fingerprint density at radius 3 is 2.47 bits per heavy atom. The van der Waals surface area contributed by atoms with Gasteiger partial charge in [0.2, 0.25) is 0 Å². The van der Waals surface area contributed by atoms with Gasteiger partial charge >= 0.3 is 0 Å². The zero-order valence-corrected chi connectivity index (χ0v) is 13.3. The Balaban J connectivity index is 1.86. The number of nitrogens with one attached hydrogen (secondary N) is 1. The van der Waals surface area contributed by atoms with Crippen LogP contribution in [-0.2, 0) is 9.84 Å². The quantitative estimate of drug-likeness (QED) is 0.846. The minimum atomic E-state index is -2.81. The van der Waals surface area contributed by atoms with Gasteiger partial charge in [-0.2, -0.15) is 0 Å². The third-order valence-electron chi connectivity index (χ3n) is 4.87. The first-order valence-electron chi connectivity index (χ1n) is 7.54. The van der Waals surface area contributed by atoms with E-state index in [-0.39, 0.29) is 5.54 Å². The summed E-state index contributed by atoms with van der Waals surface area (Å²) < 4.78 is 23.3. The summed E-state index contributed by atoms with van der Waals surface area (Å²) in [4.78, 5) is 2.49. The molecule has 112 valence electrons. The van der Waals surface area contributed by atoms with Crippen LogP contribution in [0.2, 0.25) is 0 Å². The van der Waals surface area contributed by atoms with Crippen LogP contribution in [0.25, 0.3) is 0 Å². The maximum Gasteiger partial charge on any atom is 0.152 e. The Hall–Kier alpha value is -0.130. The molecule has 1 N–H and O–H groups in total. The largest absolute Gasteiger partial charge is 0.308 e. The standard InChI is InChI=1S/C14H28N2O2S/c1-4-16-8-5-13(6-9-16)12(2)15-14(3)7-10-19(17,18)11-14/h12-13,15H,4-11H2,1-3H3. The molecule has 2 aliphatic rings. The second-order valence-electron chi connectivity index (χ2n) is 6.61. The molecule has 2 rings (SSSR count). The molecular weight excluding hydrogens is 260 g/mol. The van der Waals surface area contributed by atoms with Crippen molar-refractivity contribution < 1.29 is 8.42 Å². The van der Waals surface area contributed by atoms with Gasteiger partial charge < -0.3 is 10.2 Å². The van der Waals surface area contributed by atoms with Gasteiger partial charge in [0.25, 0.3) is 0 Å². The zero-order valence-electron chi connectivity index (χ0n) is 12.5. The van der Waals surface area contributed by atoms with Crippen molar-refractivity contribution in [1.29, 1.82) is 0 Å². The smallest absolute Gasteiger partial charge is 0.152 e. The van der Waals surface area contributed by atoms with E-state index in [4.69, 9.17) is 0 Å². The number of nitrogens with zero attached hydrogens (tertiary/aromatic N) is 1. The molecule has 2 unspecified atom stereocenters. The topological polar surface area (TPSA) is 49.4 Å². The Labute approximate surface area is 117 Å². The third-order valence-corrected chi connectivity index (χ3v) is 6.77. The van der Waals surface area contributed by atoms with Crippen LogP contribution in [0.15, 0.2) is 0 Å². The summed E-state index contributed by atoms with van der Waals surface area (Å²) in [7, 11) is -2.81. The highest BCUT2D eigenvalue weighted by molar-refractivity contribution is 7.91. The van der Waals surface area contributed by atoms with Crippen LogP contribution in [0.1, 0.15) is 40.0 Å². The van der Waals surface area contributed by atoms with Crippen LogP contribution in [0.4, 0.5) is 0 Å². The van der Waals surface area contributed by atoms with Crippen molar-refractivity contribution in [3.8, 4) is 0 Å². The molecule has 2 saturated heterocycles. The number of hydrogen-bond donors (Lipinski definition) is 1. The highest BCUT2D eigenvalue weighted by Crippen LogP contribution is 2.27. The van der Waals surface area contributed by atoms with Crippen LogP contribution < -0.4 is 5.32 Å². The molecule has 0 spiro atoms. The van der Waals surface area contributed by atoms with Crippen LogP contribution in [0.3, 0.4) is 0 Å². The summed E-state index contributed by atoms with van der Waals surface area (Å²) in [6, 6.07) is 0.414. The van der Waals surface area contributed by atoms with Gasteiger partial charge in [0.1, 0.15) is 0 Å². The van der Waals surface area contributed by atoms with Crippen LogP contribution in [0.5, 0.6) is 0 Å². The minimum absolute atomic E-state index is 0.208. The zero-order chi connectivity index (χ0) is 14.1. The van der Waals surface area contributed by atoms with Crippen LogP contribution in [0, 0.1) is 5.92 Å². The summed E-state index contributed by atoms with van der Waals surface area (Å²) in [6.45, 7) is 10.0. The van der Waals surface area contributed by atoms with Crippen LogP contribution in [-0.4, -0.2) is 56.0 Å². The molecular formula is C14H28N2O2S. The van der Waals surface area contributed by atoms with E-state index >= 15 is 0 Å². The van der Waals surface area contributed by atoms with Gasteiger partial charge in [-0.15, -0.1) is 0 Å². The second-order valence-corrected chi connectivity index (χ2v) is 8.79. The molecule has 0 aliphatic carbocycles. The molecule has 0 aromatic rings. The molecule has 2 atom stereocenters. The first-order chi connectivity index (χ1) is 8.84. The number of hydrogen-bond acceptors (Lipinski definition) is 4. The molecule has 4 nitrogen and oxygen atoms in total. The summed E-state index contributed by atoms with van der Waals surface area (Å²) in [5.74, 6) is 1.33. The maximum absolute atomic E-state index is 11.6. The van der Waals surface area contributed by atoms with E-state index in [1.54, 1.807) is 0 Å². The first kappa shape index (κ1) is 15.3. The van der Waals surface area contributed by atoms with Gasteiger partial charge in [0.15, 0.2) is 9.84 Å². The van der Waals surface area contributed by atoms with Crippen molar-refractivity contribution in [3.05, 3.63) is 0 Å². The second kappa shape index (κ2) is 5.70. The van der Waals surface area contributed by atoms with Gasteiger partial charge in [-0.05, 0) is 58.7 Å². The molecule has 2 aliphatic heterocycles. The Morgan fingerprint density at radius 2 is 2.00 bits per heavy atom. The number of piperidine rings is 1. The summed E-state index contributed by atoms with van der Waals surface area (Å²) in [5, 5.41) is 3.62. The summed E-state index contributed by atoms with van der Waals surface area (Å²) in [5.41, 5.74) is -0.208. The molecule has 0 bridgehead atoms. The van der Waals surface area contributed by atoms with E-state index in [1.807, 2.05) is 0 Å². The van der Waals surface area contributed by atoms with E-state index in [9.17, 15) is 8.42 Å². The van der Waals surface area contributed by atoms with E-state index < -0.39 is 9.84 Å². The van der Waals surface area contributed by atoms with Crippen LogP contribution >= 0.6 is 0 Å². The first-order valence-corrected chi connectivity index (χ1v) is 9.36. The number of rotatable bonds is 4. The van der Waals surface area contributed by atoms with Gasteiger partial charge in [-0.1, -0.05) is 6.92 Å². The molecule has 0 saturated carbocycles. The van der Waals surface area contributed by atoms with E-state index in [1.165, 1.54) is 25.9 Å². The van der Waals surface area contributed by atoms with Gasteiger partial charge in [-0.25, -0.2) is 8.42 Å². The van der Waals surface area contributed by atoms with Gasteiger partial charge in [0.05, 0.1) is 11.5 Å². The summed E-state index contributed by atoms with van der Waals surface area (Å²) in [6.07, 6.45) is 3.21. The predicted octanol–water partition coefficient (Wildman–Crippen LogP) is 1.27. The average molecular weight is 288 g/mol. The van der Waals surface area contributed by atoms with Gasteiger partial charge in [0, 0.05) is 11.6 Å². The lowest BCUT2D eigenvalue weighted by Gasteiger charge is -2.38. The fourth-order valence-electron chi connectivity index (χ4n) is 3.56. The average Bonchev–Trinajstić information content (AvgIpc) is 2.63. The molecule has 0 radical (unpaired) electrons. The molecule has 2 fully saturated rings. The Morgan fingerprint density at radius 1 is 1.37 bits per heavy atom. The molecule has 2 heterocycles. The fraction of sp³-hybridized carbons (Fsp3) is 1.00. The summed E-state index contributed by atoms with van der Waals surface area (Å²) >= 11 is 0. The highest BCUT2D eigenvalue weighted by atomic mass is 32.2. The predicted molar refractivity (Wildman–Crippen MR) is 79.1 cm³/mol. The van der Waals surface area contributed by atoms with E-state index in [0.717, 1.165) is 13.0 Å². The number of likely N-dealkylation sites (tertiary alicyclic amines) is 1. The minimum Gasteiger partial charge on any atom is -0.308 e.